The molecular weight excluding hydrogens is 254 g/mol. The monoisotopic (exact) mass is 275 g/mol. The van der Waals surface area contributed by atoms with Crippen molar-refractivity contribution in [1.29, 1.82) is 0 Å². The van der Waals surface area contributed by atoms with Gasteiger partial charge in [-0.15, -0.1) is 5.10 Å². The number of nitrogens with zero attached hydrogens (tertiary/aromatic N) is 4. The second-order valence-corrected chi connectivity index (χ2v) is 4.90. The third-order valence-corrected chi connectivity index (χ3v) is 2.95. The molecule has 0 saturated heterocycles. The minimum absolute atomic E-state index is 0.257. The summed E-state index contributed by atoms with van der Waals surface area (Å²) in [5.41, 5.74) is 7.69. The Kier molecular flexibility index (Phi) is 5.20. The van der Waals surface area contributed by atoms with E-state index in [0.717, 1.165) is 29.9 Å². The molecule has 0 bridgehead atoms. The maximum absolute atomic E-state index is 5.59. The molecule has 0 aliphatic carbocycles. The van der Waals surface area contributed by atoms with E-state index in [0.29, 0.717) is 13.2 Å². The zero-order chi connectivity index (χ0) is 14.4. The Morgan fingerprint density at radius 1 is 1.25 bits per heavy atom. The molecule has 6 nitrogen and oxygen atoms in total. The lowest BCUT2D eigenvalue weighted by atomic mass is 10.1. The summed E-state index contributed by atoms with van der Waals surface area (Å²) in [5.74, 6) is 0.776. The van der Waals surface area contributed by atoms with Crippen molar-refractivity contribution in [2.45, 2.75) is 39.5 Å². The van der Waals surface area contributed by atoms with E-state index >= 15 is 0 Å². The van der Waals surface area contributed by atoms with Crippen LogP contribution in [0.4, 0.5) is 0 Å². The van der Waals surface area contributed by atoms with Crippen molar-refractivity contribution in [3.05, 3.63) is 29.8 Å². The summed E-state index contributed by atoms with van der Waals surface area (Å²) >= 11 is 0. The third-order valence-electron chi connectivity index (χ3n) is 2.95. The molecule has 2 N–H and O–H groups in total. The van der Waals surface area contributed by atoms with Gasteiger partial charge in [0.2, 0.25) is 0 Å². The van der Waals surface area contributed by atoms with Crippen LogP contribution in [0.3, 0.4) is 0 Å². The molecule has 0 saturated carbocycles. The number of hydrogen-bond acceptors (Lipinski definition) is 5. The van der Waals surface area contributed by atoms with Gasteiger partial charge < -0.3 is 10.5 Å². The molecule has 0 atom stereocenters. The van der Waals surface area contributed by atoms with Crippen molar-refractivity contribution in [3.8, 4) is 11.4 Å². The standard InChI is InChI=1S/C14H21N5O/c1-11(2)20-9-3-8-19-14(16-17-18-19)13-6-4-12(10-15)5-7-13/h4-7,11H,3,8-10,15H2,1-2H3. The van der Waals surface area contributed by atoms with E-state index in [2.05, 4.69) is 15.5 Å². The molecule has 2 rings (SSSR count). The van der Waals surface area contributed by atoms with Crippen molar-refractivity contribution in [2.75, 3.05) is 6.61 Å². The van der Waals surface area contributed by atoms with Gasteiger partial charge >= 0.3 is 0 Å². The molecule has 20 heavy (non-hydrogen) atoms. The van der Waals surface area contributed by atoms with Crippen LogP contribution < -0.4 is 5.73 Å². The fraction of sp³-hybridized carbons (Fsp3) is 0.500. The predicted octanol–water partition coefficient (Wildman–Crippen LogP) is 1.61. The number of benzene rings is 1. The average Bonchev–Trinajstić information content (AvgIpc) is 2.92. The lowest BCUT2D eigenvalue weighted by Crippen LogP contribution is -2.09. The molecule has 0 amide bonds. The summed E-state index contributed by atoms with van der Waals surface area (Å²) in [4.78, 5) is 0. The summed E-state index contributed by atoms with van der Waals surface area (Å²) in [5, 5.41) is 11.9. The lowest BCUT2D eigenvalue weighted by Gasteiger charge is -2.08. The van der Waals surface area contributed by atoms with Crippen LogP contribution in [0.2, 0.25) is 0 Å². The van der Waals surface area contributed by atoms with Crippen LogP contribution in [0.5, 0.6) is 0 Å². The van der Waals surface area contributed by atoms with Gasteiger partial charge in [-0.3, -0.25) is 0 Å². The molecule has 0 unspecified atom stereocenters. The second-order valence-electron chi connectivity index (χ2n) is 4.90. The quantitative estimate of drug-likeness (QED) is 0.777. The number of ether oxygens (including phenoxy) is 1. The molecule has 0 fully saturated rings. The van der Waals surface area contributed by atoms with Crippen LogP contribution in [0, 0.1) is 0 Å². The topological polar surface area (TPSA) is 78.8 Å². The molecule has 0 aliphatic rings. The minimum atomic E-state index is 0.257. The van der Waals surface area contributed by atoms with E-state index in [9.17, 15) is 0 Å². The molecule has 6 heteroatoms. The Labute approximate surface area is 118 Å². The lowest BCUT2D eigenvalue weighted by molar-refractivity contribution is 0.0743. The van der Waals surface area contributed by atoms with Crippen molar-refractivity contribution < 1.29 is 4.74 Å². The summed E-state index contributed by atoms with van der Waals surface area (Å²) in [6, 6.07) is 7.98. The van der Waals surface area contributed by atoms with Gasteiger partial charge in [0.15, 0.2) is 5.82 Å². The Hall–Kier alpha value is -1.79. The first kappa shape index (κ1) is 14.6. The van der Waals surface area contributed by atoms with Crippen molar-refractivity contribution >= 4 is 0 Å². The first-order valence-corrected chi connectivity index (χ1v) is 6.88. The Balaban J connectivity index is 2.00. The van der Waals surface area contributed by atoms with E-state index in [1.54, 1.807) is 4.68 Å². The van der Waals surface area contributed by atoms with Gasteiger partial charge in [-0.1, -0.05) is 24.3 Å². The number of nitrogens with two attached hydrogens (primary N) is 1. The molecular formula is C14H21N5O. The zero-order valence-corrected chi connectivity index (χ0v) is 12.0. The van der Waals surface area contributed by atoms with Gasteiger partial charge in [-0.25, -0.2) is 4.68 Å². The molecule has 0 aliphatic heterocycles. The van der Waals surface area contributed by atoms with E-state index in [4.69, 9.17) is 10.5 Å². The Morgan fingerprint density at radius 3 is 2.65 bits per heavy atom. The fourth-order valence-corrected chi connectivity index (χ4v) is 1.89. The highest BCUT2D eigenvalue weighted by atomic mass is 16.5. The van der Waals surface area contributed by atoms with Crippen LogP contribution >= 0.6 is 0 Å². The van der Waals surface area contributed by atoms with Crippen LogP contribution in [0.25, 0.3) is 11.4 Å². The molecule has 2 aromatic rings. The minimum Gasteiger partial charge on any atom is -0.379 e. The molecule has 1 heterocycles. The fourth-order valence-electron chi connectivity index (χ4n) is 1.89. The van der Waals surface area contributed by atoms with E-state index in [-0.39, 0.29) is 6.10 Å². The zero-order valence-electron chi connectivity index (χ0n) is 12.0. The predicted molar refractivity (Wildman–Crippen MR) is 76.8 cm³/mol. The first-order chi connectivity index (χ1) is 9.70. The molecule has 0 radical (unpaired) electrons. The van der Waals surface area contributed by atoms with Crippen LogP contribution in [0.15, 0.2) is 24.3 Å². The van der Waals surface area contributed by atoms with Gasteiger partial charge in [-0.05, 0) is 36.3 Å². The van der Waals surface area contributed by atoms with Gasteiger partial charge in [0.1, 0.15) is 0 Å². The highest BCUT2D eigenvalue weighted by Gasteiger charge is 2.08. The summed E-state index contributed by atoms with van der Waals surface area (Å²) in [6.07, 6.45) is 1.14. The second kappa shape index (κ2) is 7.12. The molecule has 1 aromatic carbocycles. The third kappa shape index (κ3) is 3.85. The highest BCUT2D eigenvalue weighted by molar-refractivity contribution is 5.54. The van der Waals surface area contributed by atoms with Crippen molar-refractivity contribution in [3.63, 3.8) is 0 Å². The summed E-state index contributed by atoms with van der Waals surface area (Å²) in [6.45, 7) is 6.05. The van der Waals surface area contributed by atoms with Crippen molar-refractivity contribution in [1.82, 2.24) is 20.2 Å². The maximum Gasteiger partial charge on any atom is 0.182 e. The first-order valence-electron chi connectivity index (χ1n) is 6.88. The van der Waals surface area contributed by atoms with Gasteiger partial charge in [-0.2, -0.15) is 0 Å². The number of tetrazole rings is 1. The number of rotatable bonds is 7. The van der Waals surface area contributed by atoms with Gasteiger partial charge in [0, 0.05) is 25.3 Å². The van der Waals surface area contributed by atoms with Crippen LogP contribution in [0.1, 0.15) is 25.8 Å². The Morgan fingerprint density at radius 2 is 2.00 bits per heavy atom. The molecule has 108 valence electrons. The largest absolute Gasteiger partial charge is 0.379 e. The Bertz CT molecular complexity index is 521. The van der Waals surface area contributed by atoms with Crippen LogP contribution in [-0.2, 0) is 17.8 Å². The number of aromatic nitrogens is 4. The normalized spacial score (nSPS) is 11.2. The maximum atomic E-state index is 5.59. The van der Waals surface area contributed by atoms with E-state index in [1.165, 1.54) is 0 Å². The smallest absolute Gasteiger partial charge is 0.182 e. The summed E-state index contributed by atoms with van der Waals surface area (Å²) in [7, 11) is 0. The summed E-state index contributed by atoms with van der Waals surface area (Å²) < 4.78 is 7.33. The van der Waals surface area contributed by atoms with Gasteiger partial charge in [0.05, 0.1) is 6.10 Å². The molecule has 1 aromatic heterocycles. The number of aryl methyl sites for hydroxylation is 1. The van der Waals surface area contributed by atoms with Crippen molar-refractivity contribution in [2.24, 2.45) is 5.73 Å². The SMILES string of the molecule is CC(C)OCCCn1nnnc1-c1ccc(CN)cc1. The number of hydrogen-bond donors (Lipinski definition) is 1. The van der Waals surface area contributed by atoms with E-state index in [1.807, 2.05) is 38.1 Å². The highest BCUT2D eigenvalue weighted by Crippen LogP contribution is 2.16. The van der Waals surface area contributed by atoms with E-state index < -0.39 is 0 Å². The average molecular weight is 275 g/mol. The van der Waals surface area contributed by atoms with Gasteiger partial charge in [0.25, 0.3) is 0 Å². The molecule has 0 spiro atoms. The van der Waals surface area contributed by atoms with Crippen LogP contribution in [-0.4, -0.2) is 32.9 Å².